The lowest BCUT2D eigenvalue weighted by Crippen LogP contribution is -2.41. The van der Waals surface area contributed by atoms with Gasteiger partial charge >= 0.3 is 5.97 Å². The molecule has 2 aromatic rings. The quantitative estimate of drug-likeness (QED) is 0.281. The van der Waals surface area contributed by atoms with Crippen LogP contribution >= 0.6 is 11.8 Å². The molecule has 1 saturated heterocycles. The number of nitrogens with two attached hydrogens (primary N) is 1. The molecule has 1 fully saturated rings. The van der Waals surface area contributed by atoms with Crippen LogP contribution in [0.3, 0.4) is 0 Å². The van der Waals surface area contributed by atoms with Gasteiger partial charge in [-0.15, -0.1) is 0 Å². The van der Waals surface area contributed by atoms with Crippen molar-refractivity contribution in [1.29, 1.82) is 0 Å². The number of carbonyl (C=O) groups is 2. The van der Waals surface area contributed by atoms with Crippen LogP contribution in [0.2, 0.25) is 0 Å². The lowest BCUT2D eigenvalue weighted by atomic mass is 10.1. The Hall–Kier alpha value is -2.41. The number of hydrogen-bond acceptors (Lipinski definition) is 10. The smallest absolute Gasteiger partial charge is 0.328 e. The van der Waals surface area contributed by atoms with E-state index in [1.54, 1.807) is 16.8 Å². The second kappa shape index (κ2) is 10.9. The number of carbonyl (C=O) groups excluding carboxylic acids is 2. The van der Waals surface area contributed by atoms with Gasteiger partial charge in [-0.1, -0.05) is 6.92 Å². The van der Waals surface area contributed by atoms with Gasteiger partial charge in [0, 0.05) is 18.9 Å². The van der Waals surface area contributed by atoms with E-state index in [1.807, 2.05) is 6.92 Å². The number of esters is 1. The Morgan fingerprint density at radius 1 is 1.38 bits per heavy atom. The van der Waals surface area contributed by atoms with Gasteiger partial charge in [-0.05, 0) is 24.7 Å². The van der Waals surface area contributed by atoms with Gasteiger partial charge in [0.1, 0.15) is 36.0 Å². The third-order valence-electron chi connectivity index (χ3n) is 5.09. The average molecular weight is 468 g/mol. The van der Waals surface area contributed by atoms with E-state index in [1.165, 1.54) is 25.0 Å². The summed E-state index contributed by atoms with van der Waals surface area (Å²) in [6.45, 7) is 3.54. The Morgan fingerprint density at radius 3 is 2.88 bits per heavy atom. The summed E-state index contributed by atoms with van der Waals surface area (Å²) in [7, 11) is 0. The van der Waals surface area contributed by atoms with Crippen LogP contribution in [0.1, 0.15) is 32.9 Å². The Balaban J connectivity index is 1.55. The number of anilines is 1. The molecule has 5 N–H and O–H groups in total. The summed E-state index contributed by atoms with van der Waals surface area (Å²) in [6, 6.07) is 1.00. The molecule has 2 unspecified atom stereocenters. The van der Waals surface area contributed by atoms with Crippen LogP contribution < -0.4 is 11.1 Å². The third-order valence-corrected chi connectivity index (χ3v) is 6.18. The van der Waals surface area contributed by atoms with Crippen molar-refractivity contribution < 1.29 is 29.3 Å². The van der Waals surface area contributed by atoms with Crippen LogP contribution in [0.4, 0.5) is 5.82 Å². The molecule has 0 spiro atoms. The van der Waals surface area contributed by atoms with Gasteiger partial charge in [-0.2, -0.15) is 11.8 Å². The Labute approximate surface area is 189 Å². The van der Waals surface area contributed by atoms with Crippen molar-refractivity contribution in [2.24, 2.45) is 0 Å². The summed E-state index contributed by atoms with van der Waals surface area (Å²) in [4.78, 5) is 31.7. The molecule has 1 aliphatic heterocycles. The highest BCUT2D eigenvalue weighted by Gasteiger charge is 2.44. The highest BCUT2D eigenvalue weighted by molar-refractivity contribution is 7.99. The first-order chi connectivity index (χ1) is 15.3. The summed E-state index contributed by atoms with van der Waals surface area (Å²) in [5, 5.41) is 24.3. The van der Waals surface area contributed by atoms with Crippen molar-refractivity contribution in [3.8, 4) is 0 Å². The van der Waals surface area contributed by atoms with Crippen molar-refractivity contribution in [3.63, 3.8) is 0 Å². The predicted molar refractivity (Wildman–Crippen MR) is 119 cm³/mol. The first kappa shape index (κ1) is 24.2. The van der Waals surface area contributed by atoms with E-state index in [9.17, 15) is 19.8 Å². The molecule has 5 atom stereocenters. The van der Waals surface area contributed by atoms with E-state index in [0.717, 1.165) is 0 Å². The maximum Gasteiger partial charge on any atom is 0.328 e. The standard InChI is InChI=1S/C20H29N5O6S/c1-3-7-30-20(29)13(24-11(2)26)5-8-32-9-14-15(27)16(28)19(31-14)25-6-4-12-17(21)22-10-23-18(12)25/h4,6,10,13-16,19,27-28H,3,5,7-9H2,1-2H3,(H,24,26)(H2,21,22,23)/t13?,14-,15-,16-,19?/m1/s1. The van der Waals surface area contributed by atoms with Crippen LogP contribution in [0, 0.1) is 0 Å². The zero-order valence-electron chi connectivity index (χ0n) is 18.0. The Kier molecular flexibility index (Phi) is 8.29. The predicted octanol–water partition coefficient (Wildman–Crippen LogP) is 0.214. The van der Waals surface area contributed by atoms with Gasteiger partial charge in [0.2, 0.25) is 5.91 Å². The van der Waals surface area contributed by atoms with Gasteiger partial charge in [-0.3, -0.25) is 4.79 Å². The van der Waals surface area contributed by atoms with Crippen LogP contribution in [-0.4, -0.2) is 79.1 Å². The van der Waals surface area contributed by atoms with Gasteiger partial charge in [-0.25, -0.2) is 14.8 Å². The minimum absolute atomic E-state index is 0.300. The highest BCUT2D eigenvalue weighted by Crippen LogP contribution is 2.34. The molecule has 1 amide bonds. The molecule has 0 aromatic carbocycles. The molecule has 0 bridgehead atoms. The fourth-order valence-corrected chi connectivity index (χ4v) is 4.57. The number of aliphatic hydroxyl groups is 2. The van der Waals surface area contributed by atoms with E-state index in [4.69, 9.17) is 15.2 Å². The zero-order chi connectivity index (χ0) is 23.3. The first-order valence-electron chi connectivity index (χ1n) is 10.4. The summed E-state index contributed by atoms with van der Waals surface area (Å²) >= 11 is 1.45. The summed E-state index contributed by atoms with van der Waals surface area (Å²) in [5.74, 6) is 0.464. The number of nitrogens with one attached hydrogen (secondary N) is 1. The summed E-state index contributed by atoms with van der Waals surface area (Å²) in [6.07, 6.45) is 0.403. The van der Waals surface area contributed by atoms with Gasteiger partial charge in [0.15, 0.2) is 6.23 Å². The van der Waals surface area contributed by atoms with E-state index in [2.05, 4.69) is 15.3 Å². The maximum atomic E-state index is 12.1. The largest absolute Gasteiger partial charge is 0.464 e. The van der Waals surface area contributed by atoms with Gasteiger partial charge in [0.25, 0.3) is 0 Å². The van der Waals surface area contributed by atoms with Crippen molar-refractivity contribution in [2.75, 3.05) is 23.8 Å². The molecule has 0 saturated carbocycles. The molecule has 176 valence electrons. The fraction of sp³-hybridized carbons (Fsp3) is 0.600. The third kappa shape index (κ3) is 5.49. The van der Waals surface area contributed by atoms with E-state index in [0.29, 0.717) is 47.8 Å². The second-order valence-corrected chi connectivity index (χ2v) is 8.70. The maximum absolute atomic E-state index is 12.1. The number of amides is 1. The monoisotopic (exact) mass is 467 g/mol. The van der Waals surface area contributed by atoms with Crippen LogP contribution in [-0.2, 0) is 19.1 Å². The number of ether oxygens (including phenoxy) is 2. The van der Waals surface area contributed by atoms with Crippen molar-refractivity contribution >= 4 is 40.5 Å². The average Bonchev–Trinajstić information content (AvgIpc) is 3.31. The topological polar surface area (TPSA) is 162 Å². The minimum atomic E-state index is -1.15. The van der Waals surface area contributed by atoms with Crippen LogP contribution in [0.15, 0.2) is 18.6 Å². The molecule has 2 aromatic heterocycles. The van der Waals surface area contributed by atoms with Crippen LogP contribution in [0.5, 0.6) is 0 Å². The number of aromatic nitrogens is 3. The van der Waals surface area contributed by atoms with Crippen molar-refractivity contribution in [2.45, 2.75) is 57.3 Å². The summed E-state index contributed by atoms with van der Waals surface area (Å²) < 4.78 is 12.7. The molecule has 32 heavy (non-hydrogen) atoms. The van der Waals surface area contributed by atoms with E-state index >= 15 is 0 Å². The number of thioether (sulfide) groups is 1. The highest BCUT2D eigenvalue weighted by atomic mass is 32.2. The van der Waals surface area contributed by atoms with Crippen molar-refractivity contribution in [1.82, 2.24) is 19.9 Å². The molecule has 1 aliphatic rings. The van der Waals surface area contributed by atoms with E-state index < -0.39 is 36.6 Å². The van der Waals surface area contributed by atoms with Crippen molar-refractivity contribution in [3.05, 3.63) is 18.6 Å². The molecular formula is C20H29N5O6S. The SMILES string of the molecule is CCCOC(=O)C(CCSC[C@H]1OC(n2ccc3c(N)ncnc32)[C@H](O)[C@@H]1O)NC(C)=O. The molecule has 0 aliphatic carbocycles. The molecule has 0 radical (unpaired) electrons. The van der Waals surface area contributed by atoms with Gasteiger partial charge in [0.05, 0.1) is 18.1 Å². The number of nitrogen functional groups attached to an aromatic ring is 1. The van der Waals surface area contributed by atoms with Gasteiger partial charge < -0.3 is 35.3 Å². The normalized spacial score (nSPS) is 23.9. The number of aliphatic hydroxyl groups excluding tert-OH is 2. The molecule has 12 heteroatoms. The number of fused-ring (bicyclic) bond motifs is 1. The zero-order valence-corrected chi connectivity index (χ0v) is 18.8. The Morgan fingerprint density at radius 2 is 2.16 bits per heavy atom. The first-order valence-corrected chi connectivity index (χ1v) is 11.6. The van der Waals surface area contributed by atoms with E-state index in [-0.39, 0.29) is 5.91 Å². The number of nitrogens with zero attached hydrogens (tertiary/aromatic N) is 3. The molecular weight excluding hydrogens is 438 g/mol. The fourth-order valence-electron chi connectivity index (χ4n) is 3.49. The summed E-state index contributed by atoms with van der Waals surface area (Å²) in [5.41, 5.74) is 6.37. The number of hydrogen-bond donors (Lipinski definition) is 4. The minimum Gasteiger partial charge on any atom is -0.464 e. The molecule has 11 nitrogen and oxygen atoms in total. The lowest BCUT2D eigenvalue weighted by molar-refractivity contribution is -0.147. The molecule has 3 rings (SSSR count). The molecule has 3 heterocycles. The Bertz CT molecular complexity index is 940. The lowest BCUT2D eigenvalue weighted by Gasteiger charge is -2.18. The second-order valence-electron chi connectivity index (χ2n) is 7.55. The van der Waals surface area contributed by atoms with Crippen LogP contribution in [0.25, 0.3) is 11.0 Å². The number of rotatable bonds is 10.